The van der Waals surface area contributed by atoms with E-state index < -0.39 is 5.60 Å². The number of rotatable bonds is 9. The minimum Gasteiger partial charge on any atom is -0.469 e. The number of ether oxygens (including phenoxy) is 2. The molecule has 1 aromatic heterocycles. The number of carbonyl (C=O) groups is 2. The number of hydrogen-bond acceptors (Lipinski definition) is 6. The summed E-state index contributed by atoms with van der Waals surface area (Å²) < 4.78 is 12.7. The van der Waals surface area contributed by atoms with Crippen molar-refractivity contribution in [3.8, 4) is 0 Å². The molecule has 4 atom stereocenters. The van der Waals surface area contributed by atoms with Gasteiger partial charge in [0.2, 0.25) is 0 Å². The molecule has 1 heterocycles. The molecule has 0 aromatic carbocycles. The third kappa shape index (κ3) is 8.03. The molecule has 1 aromatic rings. The van der Waals surface area contributed by atoms with Crippen molar-refractivity contribution in [2.75, 3.05) is 34.3 Å². The first-order chi connectivity index (χ1) is 16.2. The maximum atomic E-state index is 12.7. The first kappa shape index (κ1) is 30.3. The van der Waals surface area contributed by atoms with Gasteiger partial charge in [-0.05, 0) is 74.0 Å². The standard InChI is InChI=1S/C25H44IN4O4P/c1-10-19-13-17(14-20(22(31)33-9)25(19,5)6)21-18(16-30(27-21)35-26)15-28(7)11-12-29(8)23(32)34-24(2,3)4/h16-17,19-20,35H,10-15H2,1-9H3. The Morgan fingerprint density at radius 2 is 1.91 bits per heavy atom. The highest BCUT2D eigenvalue weighted by Crippen LogP contribution is 2.52. The number of aromatic nitrogens is 2. The number of carbonyl (C=O) groups excluding carboxylic acids is 2. The summed E-state index contributed by atoms with van der Waals surface area (Å²) in [6.07, 6.45) is 5.15. The van der Waals surface area contributed by atoms with Gasteiger partial charge < -0.3 is 19.3 Å². The first-order valence-electron chi connectivity index (χ1n) is 12.4. The van der Waals surface area contributed by atoms with E-state index in [1.165, 1.54) is 12.7 Å². The lowest BCUT2D eigenvalue weighted by Gasteiger charge is -2.46. The van der Waals surface area contributed by atoms with Crippen LogP contribution in [0.5, 0.6) is 0 Å². The molecule has 0 bridgehead atoms. The van der Waals surface area contributed by atoms with Crippen molar-refractivity contribution in [2.24, 2.45) is 17.3 Å². The van der Waals surface area contributed by atoms with Gasteiger partial charge in [-0.2, -0.15) is 5.10 Å². The molecule has 0 radical (unpaired) electrons. The van der Waals surface area contributed by atoms with Gasteiger partial charge in [0, 0.05) is 44.4 Å². The number of esters is 1. The number of methoxy groups -OCH3 is 1. The van der Waals surface area contributed by atoms with E-state index >= 15 is 0 Å². The van der Waals surface area contributed by atoms with E-state index in [-0.39, 0.29) is 29.3 Å². The summed E-state index contributed by atoms with van der Waals surface area (Å²) in [7, 11) is 5.32. The Morgan fingerprint density at radius 1 is 1.26 bits per heavy atom. The molecule has 35 heavy (non-hydrogen) atoms. The van der Waals surface area contributed by atoms with Crippen LogP contribution in [0.25, 0.3) is 0 Å². The zero-order valence-corrected chi connectivity index (χ0v) is 26.0. The van der Waals surface area contributed by atoms with Gasteiger partial charge in [0.15, 0.2) is 0 Å². The van der Waals surface area contributed by atoms with Gasteiger partial charge in [-0.3, -0.25) is 4.79 Å². The molecule has 4 unspecified atom stereocenters. The maximum Gasteiger partial charge on any atom is 0.410 e. The largest absolute Gasteiger partial charge is 0.469 e. The second kappa shape index (κ2) is 12.5. The summed E-state index contributed by atoms with van der Waals surface area (Å²) in [6, 6.07) is 0. The molecule has 1 aliphatic rings. The number of likely N-dealkylation sites (N-methyl/N-ethyl adjacent to an activating group) is 2. The van der Waals surface area contributed by atoms with E-state index in [1.807, 2.05) is 25.2 Å². The summed E-state index contributed by atoms with van der Waals surface area (Å²) in [6.45, 7) is 14.3. The van der Waals surface area contributed by atoms with Crippen LogP contribution in [0, 0.1) is 17.3 Å². The van der Waals surface area contributed by atoms with Crippen LogP contribution < -0.4 is 0 Å². The van der Waals surface area contributed by atoms with Crippen LogP contribution in [0.2, 0.25) is 0 Å². The minimum absolute atomic E-state index is 0.102. The van der Waals surface area contributed by atoms with Crippen molar-refractivity contribution in [1.82, 2.24) is 19.4 Å². The molecule has 2 rings (SSSR count). The van der Waals surface area contributed by atoms with Crippen LogP contribution in [0.1, 0.15) is 78.0 Å². The topological polar surface area (TPSA) is 76.9 Å². The summed E-state index contributed by atoms with van der Waals surface area (Å²) in [4.78, 5) is 28.9. The molecule has 8 nitrogen and oxygen atoms in total. The summed E-state index contributed by atoms with van der Waals surface area (Å²) >= 11 is 2.35. The molecule has 200 valence electrons. The second-order valence-corrected chi connectivity index (χ2v) is 13.5. The fourth-order valence-electron chi connectivity index (χ4n) is 5.13. The number of amides is 1. The molecule has 0 saturated heterocycles. The molecule has 0 aliphatic heterocycles. The SMILES string of the molecule is CCC1CC(c2nn(PI)cc2CN(C)CCN(C)C(=O)OC(C)(C)C)CC(C(=O)OC)C1(C)C. The third-order valence-corrected chi connectivity index (χ3v) is 9.16. The Morgan fingerprint density at radius 3 is 2.46 bits per heavy atom. The Hall–Kier alpha value is -0.930. The molecule has 1 fully saturated rings. The van der Waals surface area contributed by atoms with E-state index in [4.69, 9.17) is 14.6 Å². The fraction of sp³-hybridized carbons (Fsp3) is 0.800. The smallest absolute Gasteiger partial charge is 0.410 e. The molecule has 10 heteroatoms. The van der Waals surface area contributed by atoms with E-state index in [0.29, 0.717) is 25.4 Å². The Balaban J connectivity index is 2.16. The van der Waals surface area contributed by atoms with Crippen LogP contribution in [0.3, 0.4) is 0 Å². The average molecular weight is 623 g/mol. The predicted molar refractivity (Wildman–Crippen MR) is 150 cm³/mol. The van der Waals surface area contributed by atoms with Gasteiger partial charge in [0.1, 0.15) is 5.60 Å². The lowest BCUT2D eigenvalue weighted by molar-refractivity contribution is -0.154. The summed E-state index contributed by atoms with van der Waals surface area (Å²) in [5, 5.41) is 4.96. The lowest BCUT2D eigenvalue weighted by Crippen LogP contribution is -2.43. The van der Waals surface area contributed by atoms with Crippen molar-refractivity contribution in [3.63, 3.8) is 0 Å². The van der Waals surface area contributed by atoms with Crippen molar-refractivity contribution in [3.05, 3.63) is 17.5 Å². The molecule has 1 saturated carbocycles. The molecular formula is C25H44IN4O4P. The highest BCUT2D eigenvalue weighted by molar-refractivity contribution is 14.2. The van der Waals surface area contributed by atoms with Gasteiger partial charge in [0.05, 0.1) is 25.1 Å². The van der Waals surface area contributed by atoms with Crippen molar-refractivity contribution < 1.29 is 19.1 Å². The van der Waals surface area contributed by atoms with E-state index in [9.17, 15) is 9.59 Å². The normalized spacial score (nSPS) is 22.5. The Kier molecular flexibility index (Phi) is 10.9. The lowest BCUT2D eigenvalue weighted by atomic mass is 9.58. The zero-order chi connectivity index (χ0) is 26.6. The van der Waals surface area contributed by atoms with Crippen molar-refractivity contribution in [2.45, 2.75) is 78.9 Å². The number of nitrogens with zero attached hydrogens (tertiary/aromatic N) is 4. The Bertz CT molecular complexity index is 870. The summed E-state index contributed by atoms with van der Waals surface area (Å²) in [5.74, 6) is 0.387. The zero-order valence-electron chi connectivity index (χ0n) is 22.9. The molecule has 0 spiro atoms. The van der Waals surface area contributed by atoms with Crippen LogP contribution in [0.4, 0.5) is 4.79 Å². The Labute approximate surface area is 226 Å². The van der Waals surface area contributed by atoms with Gasteiger partial charge in [0.25, 0.3) is 0 Å². The quantitative estimate of drug-likeness (QED) is 0.200. The van der Waals surface area contributed by atoms with Crippen LogP contribution >= 0.6 is 28.4 Å². The summed E-state index contributed by atoms with van der Waals surface area (Å²) in [5.41, 5.74) is 1.69. The highest BCUT2D eigenvalue weighted by atomic mass is 127. The average Bonchev–Trinajstić information content (AvgIpc) is 3.18. The van der Waals surface area contributed by atoms with E-state index in [2.05, 4.69) is 61.0 Å². The second-order valence-electron chi connectivity index (χ2n) is 11.4. The first-order valence-corrected chi connectivity index (χ1v) is 16.4. The van der Waals surface area contributed by atoms with Crippen LogP contribution in [0.15, 0.2) is 6.20 Å². The van der Waals surface area contributed by atoms with Crippen LogP contribution in [-0.4, -0.2) is 71.3 Å². The molecule has 1 aliphatic carbocycles. The highest BCUT2D eigenvalue weighted by Gasteiger charge is 2.48. The molecule has 0 N–H and O–H groups in total. The molecule has 1 amide bonds. The van der Waals surface area contributed by atoms with E-state index in [1.54, 1.807) is 11.9 Å². The number of hydrogen-bond donors (Lipinski definition) is 0. The third-order valence-electron chi connectivity index (χ3n) is 7.28. The van der Waals surface area contributed by atoms with Crippen LogP contribution in [-0.2, 0) is 20.8 Å². The molecular weight excluding hydrogens is 578 g/mol. The van der Waals surface area contributed by atoms with Gasteiger partial charge in [-0.15, -0.1) is 0 Å². The van der Waals surface area contributed by atoms with Crippen molar-refractivity contribution in [1.29, 1.82) is 0 Å². The van der Waals surface area contributed by atoms with Gasteiger partial charge in [-0.25, -0.2) is 9.25 Å². The number of halogens is 1. The maximum absolute atomic E-state index is 12.7. The van der Waals surface area contributed by atoms with Gasteiger partial charge >= 0.3 is 12.1 Å². The fourth-order valence-corrected chi connectivity index (χ4v) is 6.22. The van der Waals surface area contributed by atoms with Crippen molar-refractivity contribution >= 4 is 40.5 Å². The van der Waals surface area contributed by atoms with Gasteiger partial charge in [-0.1, -0.05) is 27.2 Å². The monoisotopic (exact) mass is 622 g/mol. The predicted octanol–water partition coefficient (Wildman–Crippen LogP) is 5.69. The van der Waals surface area contributed by atoms with E-state index in [0.717, 1.165) is 31.5 Å². The minimum atomic E-state index is -0.506.